The Bertz CT molecular complexity index is 1270. The van der Waals surface area contributed by atoms with Crippen LogP contribution in [0.5, 0.6) is 0 Å². The normalized spacial score (nSPS) is 27.3. The maximum Gasteiger partial charge on any atom is 0.391 e. The number of nitrogens with zero attached hydrogens (tertiary/aromatic N) is 7. The van der Waals surface area contributed by atoms with E-state index in [4.69, 9.17) is 14.7 Å². The Morgan fingerprint density at radius 3 is 2.46 bits per heavy atom. The zero-order valence-electron chi connectivity index (χ0n) is 20.0. The van der Waals surface area contributed by atoms with E-state index < -0.39 is 12.1 Å². The molecule has 2 aliphatic carbocycles. The van der Waals surface area contributed by atoms with Crippen LogP contribution in [0.1, 0.15) is 73.3 Å². The molecule has 4 heterocycles. The number of anilines is 1. The molecule has 3 fully saturated rings. The highest BCUT2D eigenvalue weighted by atomic mass is 19.4. The van der Waals surface area contributed by atoms with Crippen LogP contribution in [-0.4, -0.2) is 55.1 Å². The molecule has 2 atom stereocenters. The molecule has 6 rings (SSSR count). The maximum atomic E-state index is 13.2. The van der Waals surface area contributed by atoms with Gasteiger partial charge in [-0.2, -0.15) is 23.3 Å². The van der Waals surface area contributed by atoms with E-state index in [-0.39, 0.29) is 31.0 Å². The summed E-state index contributed by atoms with van der Waals surface area (Å²) in [4.78, 5) is 20.8. The van der Waals surface area contributed by atoms with Gasteiger partial charge in [0.1, 0.15) is 11.6 Å². The van der Waals surface area contributed by atoms with Gasteiger partial charge in [-0.25, -0.2) is 15.0 Å². The second-order valence-electron chi connectivity index (χ2n) is 10.2. The predicted molar refractivity (Wildman–Crippen MR) is 122 cm³/mol. The van der Waals surface area contributed by atoms with Crippen LogP contribution in [0.15, 0.2) is 12.4 Å². The molecule has 0 bridgehead atoms. The standard InChI is InChI=1S/C24H28F3N7O/c1-12-9-33(11-19(35-12)16-8-28-34(10-16)18-4-5-18)23-31-20(15-6-17(7-15)24(25,26)27)21-22(32-23)30-14(3)13(2)29-21/h8,10,12,15,17-19H,4-7,9,11H2,1-3H3/t12-,15?,17?,19+/m1/s1. The molecule has 11 heteroatoms. The molecule has 8 nitrogen and oxygen atoms in total. The third kappa shape index (κ3) is 4.23. The quantitative estimate of drug-likeness (QED) is 0.532. The van der Waals surface area contributed by atoms with Crippen LogP contribution in [0.3, 0.4) is 0 Å². The van der Waals surface area contributed by atoms with E-state index in [1.807, 2.05) is 36.5 Å². The molecule has 3 aromatic rings. The molecule has 0 aromatic carbocycles. The molecule has 3 aromatic heterocycles. The summed E-state index contributed by atoms with van der Waals surface area (Å²) in [5.41, 5.74) is 3.99. The molecule has 1 aliphatic heterocycles. The highest BCUT2D eigenvalue weighted by Crippen LogP contribution is 2.50. The predicted octanol–water partition coefficient (Wildman–Crippen LogP) is 4.59. The Kier molecular flexibility index (Phi) is 5.24. The number of ether oxygens (including phenoxy) is 1. The lowest BCUT2D eigenvalue weighted by Crippen LogP contribution is -2.44. The number of rotatable bonds is 4. The van der Waals surface area contributed by atoms with E-state index in [0.717, 1.165) is 29.8 Å². The van der Waals surface area contributed by atoms with Gasteiger partial charge in [0.25, 0.3) is 0 Å². The van der Waals surface area contributed by atoms with E-state index >= 15 is 0 Å². The molecule has 0 amide bonds. The van der Waals surface area contributed by atoms with Crippen molar-refractivity contribution in [1.29, 1.82) is 0 Å². The van der Waals surface area contributed by atoms with Crippen LogP contribution < -0.4 is 4.90 Å². The third-order valence-electron chi connectivity index (χ3n) is 7.40. The van der Waals surface area contributed by atoms with Crippen molar-refractivity contribution >= 4 is 17.1 Å². The highest BCUT2D eigenvalue weighted by molar-refractivity contribution is 5.75. The van der Waals surface area contributed by atoms with Gasteiger partial charge < -0.3 is 9.64 Å². The second kappa shape index (κ2) is 8.11. The zero-order chi connectivity index (χ0) is 24.5. The van der Waals surface area contributed by atoms with Crippen molar-refractivity contribution in [2.24, 2.45) is 5.92 Å². The van der Waals surface area contributed by atoms with Crippen molar-refractivity contribution in [3.8, 4) is 0 Å². The smallest absolute Gasteiger partial charge is 0.367 e. The van der Waals surface area contributed by atoms with Gasteiger partial charge in [-0.05, 0) is 46.5 Å². The Morgan fingerprint density at radius 2 is 1.74 bits per heavy atom. The van der Waals surface area contributed by atoms with E-state index in [9.17, 15) is 13.2 Å². The van der Waals surface area contributed by atoms with Crippen LogP contribution in [-0.2, 0) is 4.74 Å². The number of alkyl halides is 3. The zero-order valence-corrected chi connectivity index (χ0v) is 20.0. The summed E-state index contributed by atoms with van der Waals surface area (Å²) in [7, 11) is 0. The van der Waals surface area contributed by atoms with E-state index in [1.165, 1.54) is 0 Å². The van der Waals surface area contributed by atoms with Gasteiger partial charge in [-0.3, -0.25) is 4.68 Å². The SMILES string of the molecule is Cc1nc2nc(N3C[C@@H](C)O[C@H](c4cnn(C5CC5)c4)C3)nc(C3CC(C(F)(F)F)C3)c2nc1C. The van der Waals surface area contributed by atoms with Gasteiger partial charge in [0.05, 0.1) is 47.9 Å². The lowest BCUT2D eigenvalue weighted by Gasteiger charge is -2.38. The summed E-state index contributed by atoms with van der Waals surface area (Å²) < 4.78 is 47.8. The number of halogens is 3. The molecule has 0 N–H and O–H groups in total. The van der Waals surface area contributed by atoms with Gasteiger partial charge in [0, 0.05) is 24.2 Å². The summed E-state index contributed by atoms with van der Waals surface area (Å²) in [5, 5.41) is 4.49. The van der Waals surface area contributed by atoms with Crippen molar-refractivity contribution in [3.63, 3.8) is 0 Å². The molecule has 0 radical (unpaired) electrons. The van der Waals surface area contributed by atoms with Crippen LogP contribution >= 0.6 is 0 Å². The molecular weight excluding hydrogens is 459 g/mol. The third-order valence-corrected chi connectivity index (χ3v) is 7.40. The Balaban J connectivity index is 1.34. The molecule has 2 saturated carbocycles. The molecule has 0 unspecified atom stereocenters. The first-order chi connectivity index (χ1) is 16.7. The summed E-state index contributed by atoms with van der Waals surface area (Å²) >= 11 is 0. The largest absolute Gasteiger partial charge is 0.391 e. The van der Waals surface area contributed by atoms with Gasteiger partial charge >= 0.3 is 6.18 Å². The van der Waals surface area contributed by atoms with E-state index in [2.05, 4.69) is 21.3 Å². The average Bonchev–Trinajstić information content (AvgIpc) is 3.48. The van der Waals surface area contributed by atoms with Crippen molar-refractivity contribution in [3.05, 3.63) is 35.0 Å². The summed E-state index contributed by atoms with van der Waals surface area (Å²) in [6.45, 7) is 6.80. The van der Waals surface area contributed by atoms with Crippen LogP contribution in [0.4, 0.5) is 19.1 Å². The summed E-state index contributed by atoms with van der Waals surface area (Å²) in [6, 6.07) is 0.487. The molecule has 1 saturated heterocycles. The first-order valence-corrected chi connectivity index (χ1v) is 12.2. The fraction of sp³-hybridized carbons (Fsp3) is 0.625. The minimum absolute atomic E-state index is 0.0200. The molecule has 0 spiro atoms. The number of morpholine rings is 1. The first-order valence-electron chi connectivity index (χ1n) is 12.2. The molecular formula is C24H28F3N7O. The van der Waals surface area contributed by atoms with Crippen LogP contribution in [0.2, 0.25) is 0 Å². The fourth-order valence-corrected chi connectivity index (χ4v) is 5.01. The van der Waals surface area contributed by atoms with Crippen LogP contribution in [0.25, 0.3) is 11.2 Å². The monoisotopic (exact) mass is 487 g/mol. The molecule has 35 heavy (non-hydrogen) atoms. The lowest BCUT2D eigenvalue weighted by molar-refractivity contribution is -0.197. The number of aromatic nitrogens is 6. The highest BCUT2D eigenvalue weighted by Gasteiger charge is 2.49. The van der Waals surface area contributed by atoms with E-state index in [0.29, 0.717) is 41.9 Å². The van der Waals surface area contributed by atoms with Crippen molar-refractivity contribution < 1.29 is 17.9 Å². The summed E-state index contributed by atoms with van der Waals surface area (Å²) in [5.74, 6) is -1.14. The second-order valence-corrected chi connectivity index (χ2v) is 10.2. The minimum Gasteiger partial charge on any atom is -0.367 e. The maximum absolute atomic E-state index is 13.2. The summed E-state index contributed by atoms with van der Waals surface area (Å²) in [6.07, 6.45) is 1.79. The fourth-order valence-electron chi connectivity index (χ4n) is 5.01. The number of aryl methyl sites for hydroxylation is 2. The lowest BCUT2D eigenvalue weighted by atomic mass is 9.72. The first kappa shape index (κ1) is 22.6. The molecule has 3 aliphatic rings. The topological polar surface area (TPSA) is 81.9 Å². The average molecular weight is 488 g/mol. The van der Waals surface area contributed by atoms with E-state index in [1.54, 1.807) is 0 Å². The van der Waals surface area contributed by atoms with Crippen molar-refractivity contribution in [2.75, 3.05) is 18.0 Å². The minimum atomic E-state index is -4.18. The Morgan fingerprint density at radius 1 is 1.00 bits per heavy atom. The number of fused-ring (bicyclic) bond motifs is 1. The van der Waals surface area contributed by atoms with Gasteiger partial charge in [0.2, 0.25) is 5.95 Å². The Hall–Kier alpha value is -2.82. The molecule has 186 valence electrons. The van der Waals surface area contributed by atoms with Gasteiger partial charge in [-0.15, -0.1) is 0 Å². The van der Waals surface area contributed by atoms with Crippen molar-refractivity contribution in [1.82, 2.24) is 29.7 Å². The van der Waals surface area contributed by atoms with Crippen molar-refractivity contribution in [2.45, 2.75) is 76.8 Å². The number of hydrogen-bond donors (Lipinski definition) is 0. The Labute approximate surface area is 200 Å². The van der Waals surface area contributed by atoms with Crippen LogP contribution in [0, 0.1) is 19.8 Å². The van der Waals surface area contributed by atoms with Gasteiger partial charge in [-0.1, -0.05) is 0 Å². The number of hydrogen-bond acceptors (Lipinski definition) is 7. The van der Waals surface area contributed by atoms with Gasteiger partial charge in [0.15, 0.2) is 5.65 Å².